The first-order chi connectivity index (χ1) is 9.54. The third-order valence-electron chi connectivity index (χ3n) is 3.83. The van der Waals surface area contributed by atoms with Crippen LogP contribution in [0.3, 0.4) is 0 Å². The maximum absolute atomic E-state index is 11.9. The maximum atomic E-state index is 11.9. The summed E-state index contributed by atoms with van der Waals surface area (Å²) in [7, 11) is 4.19. The summed E-state index contributed by atoms with van der Waals surface area (Å²) in [5.41, 5.74) is 0. The minimum Gasteiger partial charge on any atom is -0.466 e. The zero-order valence-electron chi connectivity index (χ0n) is 12.7. The van der Waals surface area contributed by atoms with Crippen LogP contribution in [0, 0.1) is 6.92 Å². The Balaban J connectivity index is 1.63. The number of nitrogens with zero attached hydrogens (tertiary/aromatic N) is 2. The van der Waals surface area contributed by atoms with E-state index in [0.29, 0.717) is 19.1 Å². The summed E-state index contributed by atoms with van der Waals surface area (Å²) in [5.74, 6) is 1.95. The minimum absolute atomic E-state index is 0.104. The van der Waals surface area contributed by atoms with Gasteiger partial charge in [-0.05, 0) is 39.6 Å². The van der Waals surface area contributed by atoms with Gasteiger partial charge in [0.1, 0.15) is 11.5 Å². The molecule has 1 amide bonds. The van der Waals surface area contributed by atoms with Gasteiger partial charge >= 0.3 is 0 Å². The van der Waals surface area contributed by atoms with Crippen molar-refractivity contribution in [3.63, 3.8) is 0 Å². The summed E-state index contributed by atoms with van der Waals surface area (Å²) in [5, 5.41) is 2.96. The van der Waals surface area contributed by atoms with Crippen molar-refractivity contribution in [1.29, 1.82) is 0 Å². The lowest BCUT2D eigenvalue weighted by Gasteiger charge is -2.20. The van der Waals surface area contributed by atoms with E-state index in [2.05, 4.69) is 29.2 Å². The second-order valence-corrected chi connectivity index (χ2v) is 5.75. The fourth-order valence-corrected chi connectivity index (χ4v) is 2.58. The number of aryl methyl sites for hydroxylation is 1. The number of rotatable bonds is 6. The summed E-state index contributed by atoms with van der Waals surface area (Å²) in [6, 6.07) is 4.49. The third-order valence-corrected chi connectivity index (χ3v) is 3.83. The largest absolute Gasteiger partial charge is 0.466 e. The van der Waals surface area contributed by atoms with Crippen LogP contribution in [0.4, 0.5) is 0 Å². The van der Waals surface area contributed by atoms with E-state index in [1.165, 1.54) is 0 Å². The summed E-state index contributed by atoms with van der Waals surface area (Å²) >= 11 is 0. The summed E-state index contributed by atoms with van der Waals surface area (Å²) < 4.78 is 5.47. The predicted octanol–water partition coefficient (Wildman–Crippen LogP) is 0.883. The van der Waals surface area contributed by atoms with Crippen LogP contribution in [-0.2, 0) is 11.2 Å². The van der Waals surface area contributed by atoms with Crippen LogP contribution >= 0.6 is 0 Å². The molecule has 1 atom stereocenters. The fourth-order valence-electron chi connectivity index (χ4n) is 2.58. The smallest absolute Gasteiger partial charge is 0.234 e. The number of likely N-dealkylation sites (N-methyl/N-ethyl adjacent to an activating group) is 1. The molecule has 0 spiro atoms. The zero-order chi connectivity index (χ0) is 14.5. The average molecular weight is 279 g/mol. The molecule has 1 fully saturated rings. The molecule has 1 N–H and O–H groups in total. The number of carbonyl (C=O) groups excluding carboxylic acids is 1. The Labute approximate surface area is 120 Å². The molecule has 0 aromatic carbocycles. The molecule has 0 unspecified atom stereocenters. The molecule has 2 heterocycles. The van der Waals surface area contributed by atoms with E-state index in [1.807, 2.05) is 19.1 Å². The Bertz CT molecular complexity index is 442. The first-order valence-corrected chi connectivity index (χ1v) is 7.25. The van der Waals surface area contributed by atoms with Gasteiger partial charge in [0, 0.05) is 32.1 Å². The second-order valence-electron chi connectivity index (χ2n) is 5.75. The van der Waals surface area contributed by atoms with Gasteiger partial charge in [0.25, 0.3) is 0 Å². The van der Waals surface area contributed by atoms with E-state index in [0.717, 1.165) is 37.5 Å². The number of hydrogen-bond donors (Lipinski definition) is 1. The van der Waals surface area contributed by atoms with E-state index in [9.17, 15) is 4.79 Å². The van der Waals surface area contributed by atoms with Gasteiger partial charge in [-0.15, -0.1) is 0 Å². The number of amides is 1. The summed E-state index contributed by atoms with van der Waals surface area (Å²) in [6.45, 7) is 5.06. The first kappa shape index (κ1) is 15.1. The van der Waals surface area contributed by atoms with Gasteiger partial charge in [0.05, 0.1) is 6.54 Å². The highest BCUT2D eigenvalue weighted by molar-refractivity contribution is 5.78. The van der Waals surface area contributed by atoms with E-state index in [1.54, 1.807) is 0 Å². The van der Waals surface area contributed by atoms with Gasteiger partial charge in [0.15, 0.2) is 0 Å². The summed E-state index contributed by atoms with van der Waals surface area (Å²) in [6.07, 6.45) is 1.89. The van der Waals surface area contributed by atoms with Crippen LogP contribution in [0.2, 0.25) is 0 Å². The SMILES string of the molecule is Cc1ccc(CCNC(=O)CN2CC[C@@H](N(C)C)C2)o1. The lowest BCUT2D eigenvalue weighted by Crippen LogP contribution is -2.38. The van der Waals surface area contributed by atoms with Crippen molar-refractivity contribution in [3.05, 3.63) is 23.7 Å². The Hall–Kier alpha value is -1.33. The fraction of sp³-hybridized carbons (Fsp3) is 0.667. The van der Waals surface area contributed by atoms with Gasteiger partial charge in [0.2, 0.25) is 5.91 Å². The number of hydrogen-bond acceptors (Lipinski definition) is 4. The number of nitrogens with one attached hydrogen (secondary N) is 1. The molecule has 112 valence electrons. The molecule has 1 saturated heterocycles. The number of carbonyl (C=O) groups is 1. The number of likely N-dealkylation sites (tertiary alicyclic amines) is 1. The molecule has 0 aliphatic carbocycles. The standard InChI is InChI=1S/C15H25N3O2/c1-12-4-5-14(20-12)6-8-16-15(19)11-18-9-7-13(10-18)17(2)3/h4-5,13H,6-11H2,1-3H3,(H,16,19)/t13-/m1/s1. The molecule has 0 saturated carbocycles. The molecular weight excluding hydrogens is 254 g/mol. The van der Waals surface area contributed by atoms with Gasteiger partial charge in [-0.3, -0.25) is 9.69 Å². The predicted molar refractivity (Wildman–Crippen MR) is 78.7 cm³/mol. The van der Waals surface area contributed by atoms with Gasteiger partial charge in [-0.25, -0.2) is 0 Å². The Morgan fingerprint density at radius 2 is 2.30 bits per heavy atom. The van der Waals surface area contributed by atoms with E-state index < -0.39 is 0 Å². The Morgan fingerprint density at radius 3 is 2.90 bits per heavy atom. The van der Waals surface area contributed by atoms with Crippen molar-refractivity contribution in [1.82, 2.24) is 15.1 Å². The van der Waals surface area contributed by atoms with Crippen LogP contribution in [-0.4, -0.2) is 62.0 Å². The highest BCUT2D eigenvalue weighted by atomic mass is 16.3. The average Bonchev–Trinajstić information content (AvgIpc) is 2.99. The van der Waals surface area contributed by atoms with Crippen molar-refractivity contribution in [3.8, 4) is 0 Å². The van der Waals surface area contributed by atoms with E-state index >= 15 is 0 Å². The molecular formula is C15H25N3O2. The zero-order valence-corrected chi connectivity index (χ0v) is 12.7. The van der Waals surface area contributed by atoms with Crippen molar-refractivity contribution in [2.24, 2.45) is 0 Å². The molecule has 20 heavy (non-hydrogen) atoms. The highest BCUT2D eigenvalue weighted by Gasteiger charge is 2.24. The quantitative estimate of drug-likeness (QED) is 0.840. The van der Waals surface area contributed by atoms with Crippen molar-refractivity contribution in [2.45, 2.75) is 25.8 Å². The van der Waals surface area contributed by atoms with E-state index in [-0.39, 0.29) is 5.91 Å². The molecule has 2 rings (SSSR count). The lowest BCUT2D eigenvalue weighted by atomic mass is 10.2. The second kappa shape index (κ2) is 6.90. The topological polar surface area (TPSA) is 48.7 Å². The third kappa shape index (κ3) is 4.35. The lowest BCUT2D eigenvalue weighted by molar-refractivity contribution is -0.122. The first-order valence-electron chi connectivity index (χ1n) is 7.25. The Kier molecular flexibility index (Phi) is 5.20. The van der Waals surface area contributed by atoms with Crippen LogP contribution < -0.4 is 5.32 Å². The monoisotopic (exact) mass is 279 g/mol. The van der Waals surface area contributed by atoms with Crippen LogP contribution in [0.1, 0.15) is 17.9 Å². The Morgan fingerprint density at radius 1 is 1.50 bits per heavy atom. The molecule has 1 aliphatic heterocycles. The molecule has 0 bridgehead atoms. The minimum atomic E-state index is 0.104. The molecule has 0 radical (unpaired) electrons. The van der Waals surface area contributed by atoms with Gasteiger partial charge in [-0.1, -0.05) is 0 Å². The normalized spacial score (nSPS) is 19.7. The maximum Gasteiger partial charge on any atom is 0.234 e. The molecule has 1 aromatic heterocycles. The van der Waals surface area contributed by atoms with Crippen LogP contribution in [0.25, 0.3) is 0 Å². The van der Waals surface area contributed by atoms with Gasteiger partial charge < -0.3 is 14.6 Å². The van der Waals surface area contributed by atoms with Crippen molar-refractivity contribution in [2.75, 3.05) is 40.3 Å². The van der Waals surface area contributed by atoms with Crippen molar-refractivity contribution < 1.29 is 9.21 Å². The molecule has 1 aliphatic rings. The highest BCUT2D eigenvalue weighted by Crippen LogP contribution is 2.12. The molecule has 5 nitrogen and oxygen atoms in total. The molecule has 1 aromatic rings. The van der Waals surface area contributed by atoms with Crippen LogP contribution in [0.15, 0.2) is 16.5 Å². The molecule has 5 heteroatoms. The van der Waals surface area contributed by atoms with Crippen LogP contribution in [0.5, 0.6) is 0 Å². The van der Waals surface area contributed by atoms with Crippen molar-refractivity contribution >= 4 is 5.91 Å². The van der Waals surface area contributed by atoms with Gasteiger partial charge in [-0.2, -0.15) is 0 Å². The van der Waals surface area contributed by atoms with E-state index in [4.69, 9.17) is 4.42 Å². The summed E-state index contributed by atoms with van der Waals surface area (Å²) in [4.78, 5) is 16.3. The number of furan rings is 1.